The van der Waals surface area contributed by atoms with Crippen LogP contribution in [0.1, 0.15) is 0 Å². The van der Waals surface area contributed by atoms with E-state index in [4.69, 9.17) is 3.83 Å². The molecule has 57 valence electrons. The first-order valence-corrected chi connectivity index (χ1v) is 0.508. The Kier molecular flexibility index (Phi) is 7240. The van der Waals surface area contributed by atoms with Gasteiger partial charge in [0.25, 0.3) is 0 Å². The van der Waals surface area contributed by atoms with Crippen molar-refractivity contribution in [2.75, 3.05) is 0 Å². The molecule has 0 heterocycles. The molecule has 6 nitrogen and oxygen atoms in total. The summed E-state index contributed by atoms with van der Waals surface area (Å²) in [6, 6.07) is 0. The second kappa shape index (κ2) is 384. The van der Waals surface area contributed by atoms with Gasteiger partial charge in [0.15, 0.2) is 0 Å². The predicted molar refractivity (Wildman–Crippen MR) is 4.12 cm³/mol. The normalized spacial score (nSPS) is 0.667. The van der Waals surface area contributed by atoms with Gasteiger partial charge in [-0.25, -0.2) is 0 Å². The molecule has 9 heteroatoms. The molecule has 0 aliphatic rings. The van der Waals surface area contributed by atoms with Crippen LogP contribution in [0, 0.1) is 0 Å². The van der Waals surface area contributed by atoms with Crippen LogP contribution in [0.4, 0.5) is 0 Å². The molecule has 0 aromatic heterocycles. The first kappa shape index (κ1) is 170. The third-order valence-corrected chi connectivity index (χ3v) is 0. The molecule has 0 aliphatic carbocycles. The predicted octanol–water partition coefficient (Wildman–Crippen LogP) is -0.720. The van der Waals surface area contributed by atoms with Gasteiger partial charge in [0.1, 0.15) is 0 Å². The van der Waals surface area contributed by atoms with E-state index in [-0.39, 0.29) is 64.5 Å². The summed E-state index contributed by atoms with van der Waals surface area (Å²) >= 11 is 2.94. The van der Waals surface area contributed by atoms with Gasteiger partial charge in [-0.2, -0.15) is 0 Å². The van der Waals surface area contributed by atoms with Gasteiger partial charge in [-0.15, -0.1) is 0 Å². The summed E-state index contributed by atoms with van der Waals surface area (Å²) in [7, 11) is 0. The zero-order valence-electron chi connectivity index (χ0n) is 3.65. The van der Waals surface area contributed by atoms with Crippen LogP contribution in [0.3, 0.4) is 0 Å². The minimum Gasteiger partial charge on any atom is 5.00 e. The molecule has 0 saturated heterocycles. The van der Waals surface area contributed by atoms with Crippen LogP contribution in [0.15, 0.2) is 0 Å². The van der Waals surface area contributed by atoms with E-state index in [1.807, 2.05) is 0 Å². The van der Waals surface area contributed by atoms with Crippen LogP contribution in [-0.2, 0) is 84.3 Å². The third-order valence-electron chi connectivity index (χ3n) is 0. The molecule has 0 spiro atoms. The summed E-state index contributed by atoms with van der Waals surface area (Å²) in [5.41, 5.74) is 0. The molecule has 0 N–H and O–H groups in total. The maximum Gasteiger partial charge on any atom is 5.00 e. The van der Waals surface area contributed by atoms with E-state index in [2.05, 4.69) is 15.9 Å². The van der Waals surface area contributed by atoms with Crippen LogP contribution >= 0.6 is 0 Å². The van der Waals surface area contributed by atoms with E-state index < -0.39 is 0 Å². The molecule has 0 bridgehead atoms. The van der Waals surface area contributed by atoms with Gasteiger partial charge in [-0.05, 0) is 0 Å². The number of hydrogen-bond donors (Lipinski definition) is 0. The van der Waals surface area contributed by atoms with E-state index in [0.29, 0.717) is 0 Å². The van der Waals surface area contributed by atoms with Gasteiger partial charge in [0.05, 0.1) is 0 Å². The summed E-state index contributed by atoms with van der Waals surface area (Å²) in [5.74, 6) is 0. The Hall–Kier alpha value is 1.29. The summed E-state index contributed by atoms with van der Waals surface area (Å²) in [5, 5.41) is 0. The molecule has 0 rings (SSSR count). The molecule has 0 radical (unpaired) electrons. The molecule has 0 aromatic carbocycles. The van der Waals surface area contributed by atoms with E-state index in [1.165, 1.54) is 0 Å². The Morgan fingerprint density at radius 3 is 0.556 bits per heavy atom. The fourth-order valence-electron chi connectivity index (χ4n) is 0. The summed E-state index contributed by atoms with van der Waals surface area (Å²) in [6.07, 6.45) is 0. The Bertz CT molecular complexity index is 11.0. The molecule has 0 fully saturated rings. The zero-order chi connectivity index (χ0) is 2.00. The average Bonchev–Trinajstić information content (AvgIpc) is 1.00. The molecular weight excluding hydrogens is 261 g/mol. The summed E-state index contributed by atoms with van der Waals surface area (Å²) in [6.45, 7) is 0. The Balaban J connectivity index is -0.000000000238. The monoisotopic (exact) mass is 261 g/mol. The van der Waals surface area contributed by atoms with Crippen molar-refractivity contribution in [1.82, 2.24) is 0 Å². The van der Waals surface area contributed by atoms with Gasteiger partial charge in [-0.3, -0.25) is 0 Å². The fraction of sp³-hybridized carbons (Fsp3) is 0. The summed E-state index contributed by atoms with van der Waals surface area (Å²) < 4.78 is 7.81. The maximum atomic E-state index is 7.81. The fourth-order valence-corrected chi connectivity index (χ4v) is 0. The van der Waals surface area contributed by atoms with Crippen molar-refractivity contribution in [3.63, 3.8) is 0 Å². The van der Waals surface area contributed by atoms with Gasteiger partial charge >= 0.3 is 56.9 Å². The van der Waals surface area contributed by atoms with E-state index >= 15 is 0 Å². The minimum atomic E-state index is 0. The molecule has 9 heavy (non-hydrogen) atoms. The van der Waals surface area contributed by atoms with Crippen LogP contribution in [0.5, 0.6) is 0 Å². The van der Waals surface area contributed by atoms with E-state index in [0.717, 1.165) is 0 Å². The minimum absolute atomic E-state index is 0. The topological polar surface area (TPSA) is 160 Å². The van der Waals surface area contributed by atoms with E-state index in [9.17, 15) is 0 Å². The second-order valence-electron chi connectivity index (χ2n) is 0. The first-order chi connectivity index (χ1) is 1.00. The molecule has 0 aromatic rings. The van der Waals surface area contributed by atoms with Gasteiger partial charge < -0.3 is 27.4 Å². The Morgan fingerprint density at radius 2 is 0.556 bits per heavy atom. The van der Waals surface area contributed by atoms with Crippen LogP contribution in [0.25, 0.3) is 0 Å². The summed E-state index contributed by atoms with van der Waals surface area (Å²) in [4.78, 5) is 0. The van der Waals surface area contributed by atoms with Crippen LogP contribution in [0.2, 0.25) is 0 Å². The Labute approximate surface area is 84.1 Å². The molecule has 0 unspecified atom stereocenters. The van der Waals surface area contributed by atoms with Crippen LogP contribution < -0.4 is 0 Å². The average molecular weight is 261 g/mol. The standard InChI is InChI=1S/Cu.6O.2V/q;;5*-2;2*+5. The van der Waals surface area contributed by atoms with Crippen molar-refractivity contribution >= 4 is 0 Å². The largest absolute Gasteiger partial charge is 5.00 e. The van der Waals surface area contributed by atoms with E-state index in [1.54, 1.807) is 0 Å². The Morgan fingerprint density at radius 1 is 0.556 bits per heavy atom. The second-order valence-corrected chi connectivity index (χ2v) is 0. The zero-order valence-corrected chi connectivity index (χ0v) is 7.38. The van der Waals surface area contributed by atoms with Gasteiger partial charge in [0, 0.05) is 0 Å². The molecule has 0 saturated carbocycles. The van der Waals surface area contributed by atoms with Crippen molar-refractivity contribution in [2.24, 2.45) is 0 Å². The van der Waals surface area contributed by atoms with Crippen molar-refractivity contribution in [1.29, 1.82) is 0 Å². The van der Waals surface area contributed by atoms with Crippen molar-refractivity contribution in [3.05, 3.63) is 0 Å². The van der Waals surface area contributed by atoms with Crippen LogP contribution in [-0.4, -0.2) is 0 Å². The quantitative estimate of drug-likeness (QED) is 0.517. The molecule has 0 amide bonds. The SMILES string of the molecule is [O-2].[O-2].[O-2].[O-2].[O-2].[O]=[Cu].[V+5].[V+5]. The molecule has 0 atom stereocenters. The third kappa shape index (κ3) is 297. The number of hydrogen-bond acceptors (Lipinski definition) is 1. The smallest absolute Gasteiger partial charge is 5.00 e. The van der Waals surface area contributed by atoms with Crippen molar-refractivity contribution in [2.45, 2.75) is 0 Å². The molecular formula is CuO6V2. The molecule has 0 aliphatic heterocycles. The first-order valence-electron chi connectivity index (χ1n) is 0.123. The van der Waals surface area contributed by atoms with Gasteiger partial charge in [0.2, 0.25) is 0 Å². The van der Waals surface area contributed by atoms with Crippen molar-refractivity contribution < 1.29 is 84.3 Å². The van der Waals surface area contributed by atoms with Crippen molar-refractivity contribution in [3.8, 4) is 0 Å². The van der Waals surface area contributed by atoms with Gasteiger partial charge in [-0.1, -0.05) is 0 Å². The number of rotatable bonds is 0. The maximum absolute atomic E-state index is 7.81.